The molecule has 2 heterocycles. The highest BCUT2D eigenvalue weighted by molar-refractivity contribution is 5.95. The maximum Gasteiger partial charge on any atom is 0.336 e. The molecule has 0 saturated carbocycles. The number of methoxy groups -OCH3 is 2. The second kappa shape index (κ2) is 8.40. The Bertz CT molecular complexity index is 1310. The van der Waals surface area contributed by atoms with E-state index in [9.17, 15) is 4.79 Å². The SMILES string of the molecule is COc1ccc(C[NH+]2COc3ccc4c(-c5ccc(OC)cc5)cc(=O)oc4c3C2)cc1. The van der Waals surface area contributed by atoms with Gasteiger partial charge in [0.2, 0.25) is 6.73 Å². The molecule has 6 nitrogen and oxygen atoms in total. The van der Waals surface area contributed by atoms with E-state index >= 15 is 0 Å². The monoisotopic (exact) mass is 430 g/mol. The van der Waals surface area contributed by atoms with Gasteiger partial charge in [0.05, 0.1) is 19.8 Å². The van der Waals surface area contributed by atoms with Crippen LogP contribution < -0.4 is 24.7 Å². The third-order valence-corrected chi connectivity index (χ3v) is 5.85. The van der Waals surface area contributed by atoms with Crippen molar-refractivity contribution in [1.82, 2.24) is 0 Å². The van der Waals surface area contributed by atoms with Crippen molar-refractivity contribution >= 4 is 11.0 Å². The van der Waals surface area contributed by atoms with Crippen molar-refractivity contribution in [2.45, 2.75) is 13.1 Å². The quantitative estimate of drug-likeness (QED) is 0.492. The molecule has 3 aromatic carbocycles. The van der Waals surface area contributed by atoms with Gasteiger partial charge in [0.1, 0.15) is 30.3 Å². The first kappa shape index (κ1) is 20.2. The molecule has 1 aliphatic rings. The number of ether oxygens (including phenoxy) is 3. The summed E-state index contributed by atoms with van der Waals surface area (Å²) in [7, 11) is 3.29. The number of rotatable bonds is 5. The second-order valence-corrected chi connectivity index (χ2v) is 7.87. The van der Waals surface area contributed by atoms with Crippen LogP contribution in [0.2, 0.25) is 0 Å². The highest BCUT2D eigenvalue weighted by Gasteiger charge is 2.25. The highest BCUT2D eigenvalue weighted by Crippen LogP contribution is 2.34. The van der Waals surface area contributed by atoms with Crippen molar-refractivity contribution in [3.8, 4) is 28.4 Å². The van der Waals surface area contributed by atoms with Gasteiger partial charge < -0.3 is 18.6 Å². The van der Waals surface area contributed by atoms with Crippen LogP contribution >= 0.6 is 0 Å². The van der Waals surface area contributed by atoms with Crippen molar-refractivity contribution in [3.63, 3.8) is 0 Å². The predicted molar refractivity (Wildman–Crippen MR) is 121 cm³/mol. The summed E-state index contributed by atoms with van der Waals surface area (Å²) in [5.74, 6) is 2.37. The summed E-state index contributed by atoms with van der Waals surface area (Å²) >= 11 is 0. The molecule has 1 unspecified atom stereocenters. The van der Waals surface area contributed by atoms with Gasteiger partial charge in [-0.2, -0.15) is 0 Å². The zero-order valence-corrected chi connectivity index (χ0v) is 18.0. The number of quaternary nitrogens is 1. The fourth-order valence-electron chi connectivity index (χ4n) is 4.20. The molecule has 4 aromatic rings. The molecule has 0 spiro atoms. The lowest BCUT2D eigenvalue weighted by Gasteiger charge is -2.26. The van der Waals surface area contributed by atoms with Crippen LogP contribution in [0.5, 0.6) is 17.2 Å². The fourth-order valence-corrected chi connectivity index (χ4v) is 4.20. The lowest BCUT2D eigenvalue weighted by atomic mass is 9.99. The summed E-state index contributed by atoms with van der Waals surface area (Å²) in [4.78, 5) is 13.7. The Morgan fingerprint density at radius 2 is 1.59 bits per heavy atom. The largest absolute Gasteiger partial charge is 0.497 e. The van der Waals surface area contributed by atoms with E-state index in [-0.39, 0.29) is 5.63 Å². The molecule has 1 atom stereocenters. The summed E-state index contributed by atoms with van der Waals surface area (Å²) < 4.78 is 22.2. The highest BCUT2D eigenvalue weighted by atomic mass is 16.5. The molecule has 5 rings (SSSR count). The Labute approximate surface area is 185 Å². The molecular formula is C26H24NO5+. The number of nitrogens with one attached hydrogen (secondary N) is 1. The predicted octanol–water partition coefficient (Wildman–Crippen LogP) is 3.41. The third kappa shape index (κ3) is 3.81. The van der Waals surface area contributed by atoms with E-state index < -0.39 is 0 Å². The van der Waals surface area contributed by atoms with Gasteiger partial charge in [-0.3, -0.25) is 4.90 Å². The van der Waals surface area contributed by atoms with E-state index in [1.165, 1.54) is 10.5 Å². The lowest BCUT2D eigenvalue weighted by molar-refractivity contribution is -0.945. The van der Waals surface area contributed by atoms with E-state index in [1.807, 2.05) is 48.5 Å². The van der Waals surface area contributed by atoms with Crippen LogP contribution in [0.25, 0.3) is 22.1 Å². The Morgan fingerprint density at radius 3 is 2.28 bits per heavy atom. The Kier molecular flexibility index (Phi) is 5.29. The van der Waals surface area contributed by atoms with Crippen molar-refractivity contribution in [3.05, 3.63) is 88.3 Å². The minimum Gasteiger partial charge on any atom is -0.497 e. The van der Waals surface area contributed by atoms with Gasteiger partial charge >= 0.3 is 5.63 Å². The maximum absolute atomic E-state index is 12.5. The second-order valence-electron chi connectivity index (χ2n) is 7.87. The fraction of sp³-hybridized carbons (Fsp3) is 0.192. The van der Waals surface area contributed by atoms with Gasteiger partial charge in [-0.15, -0.1) is 0 Å². The standard InChI is InChI=1S/C26H23NO5/c1-29-19-7-3-17(4-8-19)14-27-15-23-24(31-16-27)12-11-21-22(13-25(28)32-26(21)23)18-5-9-20(30-2)10-6-18/h3-13H,14-16H2,1-2H3/p+1. The molecule has 32 heavy (non-hydrogen) atoms. The van der Waals surface area contributed by atoms with Gasteiger partial charge in [0.15, 0.2) is 5.58 Å². The first-order valence-corrected chi connectivity index (χ1v) is 10.5. The first-order valence-electron chi connectivity index (χ1n) is 10.5. The smallest absolute Gasteiger partial charge is 0.336 e. The Balaban J connectivity index is 1.51. The van der Waals surface area contributed by atoms with Gasteiger partial charge in [-0.05, 0) is 59.7 Å². The van der Waals surface area contributed by atoms with E-state index in [0.717, 1.165) is 45.9 Å². The zero-order chi connectivity index (χ0) is 22.1. The number of hydrogen-bond donors (Lipinski definition) is 1. The van der Waals surface area contributed by atoms with E-state index in [4.69, 9.17) is 18.6 Å². The van der Waals surface area contributed by atoms with Gasteiger partial charge in [-0.25, -0.2) is 4.79 Å². The minimum absolute atomic E-state index is 0.376. The summed E-state index contributed by atoms with van der Waals surface area (Å²) in [6.07, 6.45) is 0. The van der Waals surface area contributed by atoms with E-state index in [2.05, 4.69) is 12.1 Å². The molecule has 162 valence electrons. The Hall–Kier alpha value is -3.77. The van der Waals surface area contributed by atoms with Gasteiger partial charge in [-0.1, -0.05) is 12.1 Å². The average Bonchev–Trinajstić information content (AvgIpc) is 2.84. The van der Waals surface area contributed by atoms with E-state index in [1.54, 1.807) is 20.3 Å². The van der Waals surface area contributed by atoms with Crippen LogP contribution in [0.15, 0.2) is 75.9 Å². The van der Waals surface area contributed by atoms with Crippen LogP contribution in [-0.4, -0.2) is 21.0 Å². The van der Waals surface area contributed by atoms with Crippen molar-refractivity contribution in [2.24, 2.45) is 0 Å². The topological polar surface area (TPSA) is 62.3 Å². The van der Waals surface area contributed by atoms with Crippen LogP contribution in [-0.2, 0) is 13.1 Å². The number of benzene rings is 3. The molecule has 0 radical (unpaired) electrons. The Morgan fingerprint density at radius 1 is 0.906 bits per heavy atom. The first-order chi connectivity index (χ1) is 15.6. The molecule has 0 bridgehead atoms. The molecule has 0 fully saturated rings. The molecule has 1 aliphatic heterocycles. The summed E-state index contributed by atoms with van der Waals surface area (Å²) in [5, 5.41) is 0.891. The number of hydrogen-bond acceptors (Lipinski definition) is 5. The summed E-state index contributed by atoms with van der Waals surface area (Å²) in [6.45, 7) is 2.04. The van der Waals surface area contributed by atoms with Gasteiger partial charge in [0, 0.05) is 17.0 Å². The summed E-state index contributed by atoms with van der Waals surface area (Å²) in [5.41, 5.74) is 4.09. The third-order valence-electron chi connectivity index (χ3n) is 5.85. The number of fused-ring (bicyclic) bond motifs is 3. The van der Waals surface area contributed by atoms with Crippen molar-refractivity contribution in [2.75, 3.05) is 21.0 Å². The van der Waals surface area contributed by atoms with Crippen LogP contribution in [0.4, 0.5) is 0 Å². The normalized spacial score (nSPS) is 15.1. The zero-order valence-electron chi connectivity index (χ0n) is 18.0. The molecule has 0 aliphatic carbocycles. The lowest BCUT2D eigenvalue weighted by Crippen LogP contribution is -3.10. The minimum atomic E-state index is -0.376. The van der Waals surface area contributed by atoms with Gasteiger partial charge in [0.25, 0.3) is 0 Å². The van der Waals surface area contributed by atoms with Crippen molar-refractivity contribution < 1.29 is 23.5 Å². The molecule has 6 heteroatoms. The van der Waals surface area contributed by atoms with E-state index in [0.29, 0.717) is 18.9 Å². The van der Waals surface area contributed by atoms with Crippen LogP contribution in [0, 0.1) is 0 Å². The van der Waals surface area contributed by atoms with Crippen molar-refractivity contribution in [1.29, 1.82) is 0 Å². The molecule has 1 aromatic heterocycles. The maximum atomic E-state index is 12.5. The molecular weight excluding hydrogens is 406 g/mol. The summed E-state index contributed by atoms with van der Waals surface area (Å²) in [6, 6.07) is 21.2. The van der Waals surface area contributed by atoms with Crippen LogP contribution in [0.1, 0.15) is 11.1 Å². The average molecular weight is 430 g/mol. The molecule has 0 amide bonds. The molecule has 0 saturated heterocycles. The van der Waals surface area contributed by atoms with Crippen LogP contribution in [0.3, 0.4) is 0 Å². The molecule has 1 N–H and O–H groups in total.